The summed E-state index contributed by atoms with van der Waals surface area (Å²) in [6, 6.07) is 17.8. The first kappa shape index (κ1) is 18.7. The fraction of sp³-hybridized carbons (Fsp3) is 0.150. The minimum Gasteiger partial charge on any atom is -0.467 e. The molecule has 6 nitrogen and oxygen atoms in total. The third kappa shape index (κ3) is 4.20. The Morgan fingerprint density at radius 1 is 1.04 bits per heavy atom. The number of nitrogens with zero attached hydrogens (tertiary/aromatic N) is 1. The summed E-state index contributed by atoms with van der Waals surface area (Å²) in [6.45, 7) is 1.86. The van der Waals surface area contributed by atoms with Gasteiger partial charge in [0.05, 0.1) is 17.2 Å². The van der Waals surface area contributed by atoms with Gasteiger partial charge in [-0.05, 0) is 49.4 Å². The van der Waals surface area contributed by atoms with Crippen molar-refractivity contribution in [1.82, 2.24) is 4.90 Å². The topological polar surface area (TPSA) is 79.6 Å². The lowest BCUT2D eigenvalue weighted by atomic mass is 10.1. The number of rotatable bonds is 6. The van der Waals surface area contributed by atoms with Crippen LogP contribution in [0.5, 0.6) is 0 Å². The largest absolute Gasteiger partial charge is 0.467 e. The van der Waals surface area contributed by atoms with Gasteiger partial charge in [0.1, 0.15) is 5.76 Å². The monoisotopic (exact) mass is 384 g/mol. The van der Waals surface area contributed by atoms with Crippen LogP contribution in [0.3, 0.4) is 0 Å². The number of nitrogens with one attached hydrogen (secondary N) is 1. The van der Waals surface area contributed by atoms with Crippen molar-refractivity contribution >= 4 is 21.6 Å². The van der Waals surface area contributed by atoms with E-state index < -0.39 is 10.0 Å². The van der Waals surface area contributed by atoms with Gasteiger partial charge in [-0.1, -0.05) is 24.3 Å². The van der Waals surface area contributed by atoms with Crippen LogP contribution < -0.4 is 4.72 Å². The normalized spacial score (nSPS) is 12.4. The number of carbonyl (C=O) groups excluding carboxylic acids is 1. The van der Waals surface area contributed by atoms with Gasteiger partial charge in [-0.15, -0.1) is 0 Å². The van der Waals surface area contributed by atoms with Gasteiger partial charge in [0.15, 0.2) is 0 Å². The van der Waals surface area contributed by atoms with Gasteiger partial charge >= 0.3 is 0 Å². The molecule has 0 saturated heterocycles. The molecule has 2 aromatic carbocycles. The quantitative estimate of drug-likeness (QED) is 0.699. The van der Waals surface area contributed by atoms with E-state index in [-0.39, 0.29) is 16.8 Å². The summed E-state index contributed by atoms with van der Waals surface area (Å²) >= 11 is 0. The molecule has 1 unspecified atom stereocenters. The molecule has 1 N–H and O–H groups in total. The Kier molecular flexibility index (Phi) is 5.32. The second-order valence-corrected chi connectivity index (χ2v) is 7.79. The van der Waals surface area contributed by atoms with E-state index in [0.29, 0.717) is 17.0 Å². The number of benzene rings is 2. The molecular formula is C20H20N2O4S. The smallest absolute Gasteiger partial charge is 0.261 e. The number of carbonyl (C=O) groups is 1. The summed E-state index contributed by atoms with van der Waals surface area (Å²) in [5.74, 6) is 0.437. The van der Waals surface area contributed by atoms with Gasteiger partial charge in [0, 0.05) is 18.3 Å². The van der Waals surface area contributed by atoms with Crippen molar-refractivity contribution in [3.63, 3.8) is 0 Å². The maximum absolute atomic E-state index is 12.8. The molecule has 1 atom stereocenters. The molecule has 27 heavy (non-hydrogen) atoms. The Balaban J connectivity index is 1.80. The van der Waals surface area contributed by atoms with Crippen LogP contribution in [0.1, 0.15) is 29.1 Å². The Morgan fingerprint density at radius 3 is 2.44 bits per heavy atom. The number of hydrogen-bond acceptors (Lipinski definition) is 4. The molecule has 3 aromatic rings. The molecule has 1 heterocycles. The molecule has 0 aliphatic heterocycles. The molecule has 3 rings (SSSR count). The average Bonchev–Trinajstić information content (AvgIpc) is 3.21. The van der Waals surface area contributed by atoms with Crippen molar-refractivity contribution in [2.24, 2.45) is 0 Å². The summed E-state index contributed by atoms with van der Waals surface area (Å²) in [6.07, 6.45) is 1.56. The molecule has 0 fully saturated rings. The molecule has 1 amide bonds. The van der Waals surface area contributed by atoms with E-state index in [2.05, 4.69) is 4.72 Å². The third-order valence-electron chi connectivity index (χ3n) is 4.27. The number of anilines is 1. The van der Waals surface area contributed by atoms with Crippen molar-refractivity contribution in [3.8, 4) is 0 Å². The van der Waals surface area contributed by atoms with E-state index in [0.717, 1.165) is 0 Å². The van der Waals surface area contributed by atoms with Crippen LogP contribution >= 0.6 is 0 Å². The molecule has 140 valence electrons. The molecule has 0 bridgehead atoms. The zero-order chi connectivity index (χ0) is 19.4. The Labute approximate surface area is 158 Å². The summed E-state index contributed by atoms with van der Waals surface area (Å²) in [5.41, 5.74) is 0.702. The van der Waals surface area contributed by atoms with Gasteiger partial charge < -0.3 is 9.32 Å². The van der Waals surface area contributed by atoms with Crippen LogP contribution in [0, 0.1) is 0 Å². The maximum Gasteiger partial charge on any atom is 0.261 e. The van der Waals surface area contributed by atoms with Gasteiger partial charge in [0.2, 0.25) is 0 Å². The third-order valence-corrected chi connectivity index (χ3v) is 5.67. The highest BCUT2D eigenvalue weighted by Crippen LogP contribution is 2.23. The fourth-order valence-corrected chi connectivity index (χ4v) is 3.70. The Bertz CT molecular complexity index is 1020. The van der Waals surface area contributed by atoms with E-state index in [9.17, 15) is 13.2 Å². The lowest BCUT2D eigenvalue weighted by Gasteiger charge is -2.23. The van der Waals surface area contributed by atoms with E-state index in [4.69, 9.17) is 4.42 Å². The summed E-state index contributed by atoms with van der Waals surface area (Å²) < 4.78 is 32.8. The molecule has 1 aromatic heterocycles. The van der Waals surface area contributed by atoms with E-state index in [1.807, 2.05) is 6.92 Å². The van der Waals surface area contributed by atoms with E-state index >= 15 is 0 Å². The second kappa shape index (κ2) is 7.67. The molecule has 0 spiro atoms. The number of hydrogen-bond donors (Lipinski definition) is 1. The van der Waals surface area contributed by atoms with Crippen molar-refractivity contribution in [1.29, 1.82) is 0 Å². The molecule has 7 heteroatoms. The lowest BCUT2D eigenvalue weighted by molar-refractivity contribution is 0.0726. The lowest BCUT2D eigenvalue weighted by Crippen LogP contribution is -2.29. The van der Waals surface area contributed by atoms with Gasteiger partial charge in [0.25, 0.3) is 15.9 Å². The standard InChI is InChI=1S/C20H20N2O4S/c1-15(19-12-7-13-26-19)22(2)20(23)16-8-6-9-17(14-16)21-27(24,25)18-10-4-3-5-11-18/h3-15,21H,1-2H3. The zero-order valence-corrected chi connectivity index (χ0v) is 15.8. The van der Waals surface area contributed by atoms with Gasteiger partial charge in [-0.25, -0.2) is 8.42 Å². The maximum atomic E-state index is 12.8. The number of furan rings is 1. The predicted molar refractivity (Wildman–Crippen MR) is 103 cm³/mol. The fourth-order valence-electron chi connectivity index (χ4n) is 2.63. The molecule has 0 saturated carbocycles. The highest BCUT2D eigenvalue weighted by atomic mass is 32.2. The predicted octanol–water partition coefficient (Wildman–Crippen LogP) is 3.91. The van der Waals surface area contributed by atoms with E-state index in [1.165, 1.54) is 18.2 Å². The summed E-state index contributed by atoms with van der Waals surface area (Å²) in [5, 5.41) is 0. The van der Waals surface area contributed by atoms with Crippen molar-refractivity contribution in [3.05, 3.63) is 84.3 Å². The van der Waals surface area contributed by atoms with Crippen molar-refractivity contribution in [2.45, 2.75) is 17.9 Å². The van der Waals surface area contributed by atoms with Crippen LogP contribution in [0.2, 0.25) is 0 Å². The minimum atomic E-state index is -3.72. The Morgan fingerprint density at radius 2 is 1.78 bits per heavy atom. The van der Waals surface area contributed by atoms with Crippen LogP contribution in [-0.4, -0.2) is 26.3 Å². The first-order valence-corrected chi connectivity index (χ1v) is 9.85. The first-order valence-electron chi connectivity index (χ1n) is 8.37. The average molecular weight is 384 g/mol. The number of sulfonamides is 1. The molecule has 0 aliphatic rings. The van der Waals surface area contributed by atoms with Crippen LogP contribution in [0.25, 0.3) is 0 Å². The summed E-state index contributed by atoms with van der Waals surface area (Å²) in [7, 11) is -2.04. The van der Waals surface area contributed by atoms with Gasteiger partial charge in [-0.3, -0.25) is 9.52 Å². The molecular weight excluding hydrogens is 364 g/mol. The van der Waals surface area contributed by atoms with Crippen molar-refractivity contribution in [2.75, 3.05) is 11.8 Å². The minimum absolute atomic E-state index is 0.158. The number of amides is 1. The zero-order valence-electron chi connectivity index (χ0n) is 15.0. The molecule has 0 aliphatic carbocycles. The van der Waals surface area contributed by atoms with Gasteiger partial charge in [-0.2, -0.15) is 0 Å². The first-order chi connectivity index (χ1) is 12.9. The summed E-state index contributed by atoms with van der Waals surface area (Å²) in [4.78, 5) is 14.5. The SMILES string of the molecule is CC(c1ccco1)N(C)C(=O)c1cccc(NS(=O)(=O)c2ccccc2)c1. The second-order valence-electron chi connectivity index (χ2n) is 6.11. The van der Waals surface area contributed by atoms with Crippen molar-refractivity contribution < 1.29 is 17.6 Å². The molecule has 0 radical (unpaired) electrons. The van der Waals surface area contributed by atoms with E-state index in [1.54, 1.807) is 66.7 Å². The Hall–Kier alpha value is -3.06. The van der Waals surface area contributed by atoms with Crippen LogP contribution in [0.4, 0.5) is 5.69 Å². The van der Waals surface area contributed by atoms with Crippen LogP contribution in [-0.2, 0) is 10.0 Å². The highest BCUT2D eigenvalue weighted by molar-refractivity contribution is 7.92. The highest BCUT2D eigenvalue weighted by Gasteiger charge is 2.21. The van der Waals surface area contributed by atoms with Crippen LogP contribution in [0.15, 0.2) is 82.3 Å².